The fourth-order valence-corrected chi connectivity index (χ4v) is 7.52. The Morgan fingerprint density at radius 3 is 1.70 bits per heavy atom. The quantitative estimate of drug-likeness (QED) is 0.178. The normalized spacial score (nSPS) is 11.4. The summed E-state index contributed by atoms with van der Waals surface area (Å²) in [7, 11) is 0. The molecule has 0 radical (unpaired) electrons. The molecule has 53 heavy (non-hydrogen) atoms. The van der Waals surface area contributed by atoms with Crippen LogP contribution in [0.4, 0.5) is 0 Å². The van der Waals surface area contributed by atoms with E-state index < -0.39 is 0 Å². The monoisotopic (exact) mass is 675 g/mol. The summed E-state index contributed by atoms with van der Waals surface area (Å²) < 4.78 is 0. The fourth-order valence-electron chi connectivity index (χ4n) is 7.52. The number of nitrogens with zero attached hydrogens (tertiary/aromatic N) is 2. The predicted octanol–water partition coefficient (Wildman–Crippen LogP) is 13.3. The molecule has 1 N–H and O–H groups in total. The first-order valence-corrected chi connectivity index (χ1v) is 18.0. The number of fused-ring (bicyclic) bond motifs is 4. The van der Waals surface area contributed by atoms with Crippen molar-refractivity contribution < 1.29 is 0 Å². The minimum Gasteiger partial charge on any atom is -0.361 e. The molecule has 0 fully saturated rings. The fraction of sp³-hybridized carbons (Fsp3) is 0. The highest BCUT2D eigenvalue weighted by molar-refractivity contribution is 6.13. The van der Waals surface area contributed by atoms with Gasteiger partial charge >= 0.3 is 0 Å². The molecule has 0 bridgehead atoms. The molecule has 248 valence electrons. The Labute approximate surface area is 307 Å². The number of aromatic nitrogens is 3. The van der Waals surface area contributed by atoms with Gasteiger partial charge in [-0.1, -0.05) is 152 Å². The van der Waals surface area contributed by atoms with Crippen molar-refractivity contribution in [3.05, 3.63) is 194 Å². The first-order valence-electron chi connectivity index (χ1n) is 18.0. The highest BCUT2D eigenvalue weighted by atomic mass is 14.9. The van der Waals surface area contributed by atoms with Gasteiger partial charge in [-0.2, -0.15) is 0 Å². The molecule has 2 aromatic heterocycles. The molecule has 0 aliphatic rings. The molecule has 0 atom stereocenters. The van der Waals surface area contributed by atoms with E-state index in [-0.39, 0.29) is 0 Å². The van der Waals surface area contributed by atoms with Gasteiger partial charge in [-0.05, 0) is 96.5 Å². The van der Waals surface area contributed by atoms with Crippen LogP contribution in [0.3, 0.4) is 0 Å². The molecule has 0 saturated heterocycles. The topological polar surface area (TPSA) is 41.6 Å². The van der Waals surface area contributed by atoms with Crippen molar-refractivity contribution in [2.75, 3.05) is 0 Å². The van der Waals surface area contributed by atoms with Crippen LogP contribution < -0.4 is 0 Å². The predicted molar refractivity (Wildman–Crippen MR) is 222 cm³/mol. The van der Waals surface area contributed by atoms with E-state index in [1.807, 2.05) is 12.3 Å². The lowest BCUT2D eigenvalue weighted by Gasteiger charge is -2.14. The van der Waals surface area contributed by atoms with Crippen molar-refractivity contribution >= 4 is 32.3 Å². The molecule has 0 amide bonds. The zero-order chi connectivity index (χ0) is 35.1. The van der Waals surface area contributed by atoms with Crippen molar-refractivity contribution in [3.63, 3.8) is 0 Å². The molecule has 0 spiro atoms. The van der Waals surface area contributed by atoms with Crippen LogP contribution in [0.15, 0.2) is 194 Å². The highest BCUT2D eigenvalue weighted by Crippen LogP contribution is 2.37. The van der Waals surface area contributed by atoms with E-state index >= 15 is 0 Å². The summed E-state index contributed by atoms with van der Waals surface area (Å²) in [6.07, 6.45) is 1.95. The summed E-state index contributed by atoms with van der Waals surface area (Å²) in [6, 6.07) is 66.9. The first-order chi connectivity index (χ1) is 26.2. The third-order valence-electron chi connectivity index (χ3n) is 10.3. The Morgan fingerprint density at radius 1 is 0.321 bits per heavy atom. The number of hydrogen-bond donors (Lipinski definition) is 1. The van der Waals surface area contributed by atoms with Gasteiger partial charge in [-0.25, -0.2) is 9.97 Å². The van der Waals surface area contributed by atoms with Crippen LogP contribution in [0.2, 0.25) is 0 Å². The number of nitrogens with one attached hydrogen (secondary N) is 1. The van der Waals surface area contributed by atoms with Crippen molar-refractivity contribution in [1.82, 2.24) is 15.0 Å². The summed E-state index contributed by atoms with van der Waals surface area (Å²) in [5.41, 5.74) is 11.8. The van der Waals surface area contributed by atoms with E-state index in [0.717, 1.165) is 44.9 Å². The van der Waals surface area contributed by atoms with Gasteiger partial charge in [0.15, 0.2) is 5.82 Å². The average molecular weight is 676 g/mol. The van der Waals surface area contributed by atoms with Crippen LogP contribution in [0.25, 0.3) is 99.7 Å². The molecule has 0 unspecified atom stereocenters. The summed E-state index contributed by atoms with van der Waals surface area (Å²) in [5, 5.41) is 7.26. The lowest BCUT2D eigenvalue weighted by Crippen LogP contribution is -1.97. The van der Waals surface area contributed by atoms with Gasteiger partial charge in [0, 0.05) is 28.6 Å². The van der Waals surface area contributed by atoms with E-state index in [9.17, 15) is 0 Å². The second-order valence-electron chi connectivity index (χ2n) is 13.5. The molecule has 8 aromatic carbocycles. The third-order valence-corrected chi connectivity index (χ3v) is 10.3. The van der Waals surface area contributed by atoms with Crippen LogP contribution in [0, 0.1) is 0 Å². The summed E-state index contributed by atoms with van der Waals surface area (Å²) in [6.45, 7) is 0. The maximum atomic E-state index is 5.32. The molecule has 3 heteroatoms. The summed E-state index contributed by atoms with van der Waals surface area (Å²) in [4.78, 5) is 13.9. The second kappa shape index (κ2) is 12.9. The minimum atomic E-state index is 0.696. The highest BCUT2D eigenvalue weighted by Gasteiger charge is 2.15. The lowest BCUT2D eigenvalue weighted by atomic mass is 9.94. The second-order valence-corrected chi connectivity index (χ2v) is 13.5. The zero-order valence-corrected chi connectivity index (χ0v) is 28.9. The van der Waals surface area contributed by atoms with Gasteiger partial charge in [-0.3, -0.25) is 0 Å². The molecule has 2 heterocycles. The average Bonchev–Trinajstić information content (AvgIpc) is 3.79. The van der Waals surface area contributed by atoms with Gasteiger partial charge in [-0.15, -0.1) is 0 Å². The standard InChI is InChI=1S/C50H33N3/c1-2-10-38-29-40(27-22-33(38)9-1)39-12-7-13-42(30-39)50-52-48(37-25-20-35(21-26-37)34-18-23-36(24-19-34)47-17-8-28-51-47)32-49(53-50)46-31-41-11-3-4-14-43(41)44-15-5-6-16-45(44)46/h1-32,51H. The third kappa shape index (κ3) is 5.75. The van der Waals surface area contributed by atoms with Crippen molar-refractivity contribution in [2.24, 2.45) is 0 Å². The smallest absolute Gasteiger partial charge is 0.160 e. The molecule has 10 aromatic rings. The van der Waals surface area contributed by atoms with Crippen molar-refractivity contribution in [3.8, 4) is 67.4 Å². The Kier molecular flexibility index (Phi) is 7.47. The van der Waals surface area contributed by atoms with E-state index in [2.05, 4.69) is 187 Å². The molecular weight excluding hydrogens is 643 g/mol. The van der Waals surface area contributed by atoms with Crippen LogP contribution >= 0.6 is 0 Å². The number of hydrogen-bond acceptors (Lipinski definition) is 2. The van der Waals surface area contributed by atoms with Gasteiger partial charge in [0.2, 0.25) is 0 Å². The first kappa shape index (κ1) is 30.7. The Bertz CT molecular complexity index is 2920. The molecular formula is C50H33N3. The molecule has 0 saturated carbocycles. The van der Waals surface area contributed by atoms with Crippen LogP contribution in [-0.4, -0.2) is 15.0 Å². The summed E-state index contributed by atoms with van der Waals surface area (Å²) >= 11 is 0. The molecule has 10 rings (SSSR count). The molecule has 0 aliphatic carbocycles. The zero-order valence-electron chi connectivity index (χ0n) is 28.9. The largest absolute Gasteiger partial charge is 0.361 e. The maximum absolute atomic E-state index is 5.32. The van der Waals surface area contributed by atoms with Gasteiger partial charge in [0.1, 0.15) is 0 Å². The van der Waals surface area contributed by atoms with E-state index in [4.69, 9.17) is 9.97 Å². The van der Waals surface area contributed by atoms with E-state index in [1.54, 1.807) is 0 Å². The SMILES string of the molecule is c1cc(-c2ccc3ccccc3c2)cc(-c2nc(-c3ccc(-c4ccc(-c5ccc[nH]5)cc4)cc3)cc(-c3cc4ccccc4c4ccccc34)n2)c1. The number of benzene rings is 8. The van der Waals surface area contributed by atoms with Gasteiger partial charge in [0.25, 0.3) is 0 Å². The molecule has 0 aliphatic heterocycles. The Hall–Kier alpha value is -7.10. The van der Waals surface area contributed by atoms with Crippen LogP contribution in [0.5, 0.6) is 0 Å². The molecule has 3 nitrogen and oxygen atoms in total. The summed E-state index contributed by atoms with van der Waals surface area (Å²) in [5.74, 6) is 0.696. The number of H-pyrrole nitrogens is 1. The van der Waals surface area contributed by atoms with E-state index in [1.165, 1.54) is 49.0 Å². The van der Waals surface area contributed by atoms with Crippen LogP contribution in [-0.2, 0) is 0 Å². The lowest BCUT2D eigenvalue weighted by molar-refractivity contribution is 1.19. The van der Waals surface area contributed by atoms with Gasteiger partial charge in [0.05, 0.1) is 11.4 Å². The Morgan fingerprint density at radius 2 is 0.925 bits per heavy atom. The minimum absolute atomic E-state index is 0.696. The van der Waals surface area contributed by atoms with Gasteiger partial charge < -0.3 is 4.98 Å². The van der Waals surface area contributed by atoms with Crippen molar-refractivity contribution in [1.29, 1.82) is 0 Å². The van der Waals surface area contributed by atoms with Crippen molar-refractivity contribution in [2.45, 2.75) is 0 Å². The maximum Gasteiger partial charge on any atom is 0.160 e. The Balaban J connectivity index is 1.10. The number of aromatic amines is 1. The van der Waals surface area contributed by atoms with E-state index in [0.29, 0.717) is 5.82 Å². The number of rotatable bonds is 6. The van der Waals surface area contributed by atoms with Crippen LogP contribution in [0.1, 0.15) is 0 Å².